The molecule has 5 nitrogen and oxygen atoms in total. The molecule has 1 rings (SSSR count). The molecule has 0 aliphatic carbocycles. The average Bonchev–Trinajstić information content (AvgIpc) is 2.04. The van der Waals surface area contributed by atoms with Gasteiger partial charge in [0.05, 0.1) is 26.2 Å². The summed E-state index contributed by atoms with van der Waals surface area (Å²) in [5, 5.41) is 0. The van der Waals surface area contributed by atoms with Crippen molar-refractivity contribution in [1.29, 1.82) is 0 Å². The van der Waals surface area contributed by atoms with Crippen molar-refractivity contribution in [2.75, 3.05) is 40.3 Å². The van der Waals surface area contributed by atoms with Gasteiger partial charge in [-0.1, -0.05) is 0 Å². The Balaban J connectivity index is 2.64. The van der Waals surface area contributed by atoms with Crippen LogP contribution in [0.3, 0.4) is 0 Å². The first-order valence-corrected chi connectivity index (χ1v) is 5.68. The number of nitrogens with one attached hydrogen (secondary N) is 1. The second-order valence-electron chi connectivity index (χ2n) is 3.44. The maximum atomic E-state index is 11.6. The molecule has 6 heteroatoms. The Morgan fingerprint density at radius 3 is 2.15 bits per heavy atom. The van der Waals surface area contributed by atoms with E-state index in [1.807, 2.05) is 0 Å². The fraction of sp³-hybridized carbons (Fsp3) is 0.857. The molecule has 1 fully saturated rings. The Kier molecular flexibility index (Phi) is 3.28. The van der Waals surface area contributed by atoms with Crippen molar-refractivity contribution in [2.24, 2.45) is 0 Å². The fourth-order valence-corrected chi connectivity index (χ4v) is 2.37. The van der Waals surface area contributed by atoms with E-state index in [1.54, 1.807) is 14.1 Å². The predicted molar refractivity (Wildman–Crippen MR) is 50.2 cm³/mol. The smallest absolute Gasteiger partial charge is 0.281 e. The van der Waals surface area contributed by atoms with Crippen LogP contribution in [0, 0.1) is 7.05 Å². The highest BCUT2D eigenvalue weighted by Crippen LogP contribution is 2.03. The molecule has 13 heavy (non-hydrogen) atoms. The van der Waals surface area contributed by atoms with E-state index in [-0.39, 0.29) is 0 Å². The summed E-state index contributed by atoms with van der Waals surface area (Å²) in [6, 6.07) is 0. The van der Waals surface area contributed by atoms with E-state index in [0.717, 1.165) is 18.0 Å². The summed E-state index contributed by atoms with van der Waals surface area (Å²) in [4.78, 5) is 1.14. The molecule has 0 unspecified atom stereocenters. The van der Waals surface area contributed by atoms with Crippen molar-refractivity contribution >= 4 is 10.2 Å². The minimum absolute atomic E-state index is 0.569. The quantitative estimate of drug-likeness (QED) is 0.522. The lowest BCUT2D eigenvalue weighted by Gasteiger charge is -2.34. The number of hydrogen-bond donors (Lipinski definition) is 1. The number of piperazine rings is 1. The Labute approximate surface area is 80.1 Å². The lowest BCUT2D eigenvalue weighted by atomic mass is 10.4. The minimum atomic E-state index is -3.20. The highest BCUT2D eigenvalue weighted by atomic mass is 32.2. The molecular weight excluding hydrogens is 190 g/mol. The second kappa shape index (κ2) is 3.91. The van der Waals surface area contributed by atoms with Crippen molar-refractivity contribution in [1.82, 2.24) is 8.61 Å². The molecule has 0 bridgehead atoms. The van der Waals surface area contributed by atoms with E-state index in [2.05, 4.69) is 7.05 Å². The van der Waals surface area contributed by atoms with E-state index >= 15 is 0 Å². The molecular formula is C7H17N3O2S. The molecule has 1 aliphatic rings. The van der Waals surface area contributed by atoms with Crippen molar-refractivity contribution in [3.05, 3.63) is 7.05 Å². The van der Waals surface area contributed by atoms with Crippen molar-refractivity contribution < 1.29 is 13.3 Å². The van der Waals surface area contributed by atoms with Crippen LogP contribution in [0.2, 0.25) is 0 Å². The normalized spacial score (nSPS) is 22.5. The molecule has 1 aliphatic heterocycles. The number of quaternary nitrogens is 1. The van der Waals surface area contributed by atoms with Crippen LogP contribution < -0.4 is 4.90 Å². The first kappa shape index (κ1) is 10.9. The molecule has 0 aromatic heterocycles. The molecule has 1 heterocycles. The van der Waals surface area contributed by atoms with Crippen LogP contribution in [-0.2, 0) is 10.2 Å². The molecule has 0 aromatic rings. The molecule has 0 saturated carbocycles. The summed E-state index contributed by atoms with van der Waals surface area (Å²) in [6.07, 6.45) is 0. The summed E-state index contributed by atoms with van der Waals surface area (Å²) in [7, 11) is 3.75. The standard InChI is InChI=1S/C7H17N3O2S/c1-8(2)13(11,12)10-6-4-9(3)5-7-10/h9H,3-7H2,1-2H3. The molecule has 0 aromatic carbocycles. The maximum Gasteiger partial charge on any atom is 0.281 e. The van der Waals surface area contributed by atoms with Gasteiger partial charge in [-0.05, 0) is 0 Å². The third kappa shape index (κ3) is 2.40. The van der Waals surface area contributed by atoms with Gasteiger partial charge in [0.25, 0.3) is 10.2 Å². The van der Waals surface area contributed by atoms with Crippen molar-refractivity contribution in [3.63, 3.8) is 0 Å². The Morgan fingerprint density at radius 1 is 1.31 bits per heavy atom. The fourth-order valence-electron chi connectivity index (χ4n) is 1.26. The molecule has 0 radical (unpaired) electrons. The second-order valence-corrected chi connectivity index (χ2v) is 5.58. The molecule has 1 N–H and O–H groups in total. The van der Waals surface area contributed by atoms with Gasteiger partial charge in [0.15, 0.2) is 0 Å². The number of hydrogen-bond acceptors (Lipinski definition) is 2. The zero-order valence-electron chi connectivity index (χ0n) is 8.15. The van der Waals surface area contributed by atoms with Gasteiger partial charge in [-0.25, -0.2) is 0 Å². The SMILES string of the molecule is [CH2-][NH+]1CCN(S(=O)(=O)N(C)C)CC1. The molecule has 1 saturated heterocycles. The topological polar surface area (TPSA) is 45.1 Å². The maximum absolute atomic E-state index is 11.6. The molecule has 78 valence electrons. The van der Waals surface area contributed by atoms with E-state index in [1.165, 1.54) is 8.61 Å². The summed E-state index contributed by atoms with van der Waals surface area (Å²) >= 11 is 0. The van der Waals surface area contributed by atoms with Gasteiger partial charge in [-0.2, -0.15) is 24.1 Å². The van der Waals surface area contributed by atoms with Gasteiger partial charge < -0.3 is 4.90 Å². The Morgan fingerprint density at radius 2 is 1.77 bits per heavy atom. The number of nitrogens with zero attached hydrogens (tertiary/aromatic N) is 2. The van der Waals surface area contributed by atoms with E-state index in [9.17, 15) is 8.42 Å². The van der Waals surface area contributed by atoms with Crippen molar-refractivity contribution in [2.45, 2.75) is 0 Å². The molecule has 0 atom stereocenters. The van der Waals surface area contributed by atoms with E-state index in [0.29, 0.717) is 13.1 Å². The van der Waals surface area contributed by atoms with Gasteiger partial charge in [-0.3, -0.25) is 0 Å². The largest absolute Gasteiger partial charge is 0.466 e. The van der Waals surface area contributed by atoms with Crippen LogP contribution in [-0.4, -0.2) is 57.3 Å². The van der Waals surface area contributed by atoms with Crippen LogP contribution in [0.1, 0.15) is 0 Å². The Hall–Kier alpha value is -0.170. The van der Waals surface area contributed by atoms with Gasteiger partial charge in [-0.15, -0.1) is 0 Å². The van der Waals surface area contributed by atoms with E-state index < -0.39 is 10.2 Å². The van der Waals surface area contributed by atoms with Gasteiger partial charge in [0.1, 0.15) is 0 Å². The highest BCUT2D eigenvalue weighted by molar-refractivity contribution is 7.86. The van der Waals surface area contributed by atoms with Crippen LogP contribution in [0.15, 0.2) is 0 Å². The molecule has 0 amide bonds. The average molecular weight is 207 g/mol. The van der Waals surface area contributed by atoms with Gasteiger partial charge in [0, 0.05) is 14.1 Å². The Bertz CT molecular complexity index is 255. The van der Waals surface area contributed by atoms with Crippen LogP contribution in [0.4, 0.5) is 0 Å². The first-order chi connectivity index (χ1) is 5.94. The van der Waals surface area contributed by atoms with Crippen molar-refractivity contribution in [3.8, 4) is 0 Å². The third-order valence-corrected chi connectivity index (χ3v) is 4.16. The summed E-state index contributed by atoms with van der Waals surface area (Å²) in [5.74, 6) is 0. The van der Waals surface area contributed by atoms with Crippen LogP contribution in [0.25, 0.3) is 0 Å². The van der Waals surface area contributed by atoms with Crippen LogP contribution >= 0.6 is 0 Å². The summed E-state index contributed by atoms with van der Waals surface area (Å²) in [5.41, 5.74) is 0. The summed E-state index contributed by atoms with van der Waals surface area (Å²) < 4.78 is 26.0. The lowest BCUT2D eigenvalue weighted by molar-refractivity contribution is -0.857. The summed E-state index contributed by atoms with van der Waals surface area (Å²) in [6.45, 7) is 2.71. The highest BCUT2D eigenvalue weighted by Gasteiger charge is 2.27. The van der Waals surface area contributed by atoms with Gasteiger partial charge in [0.2, 0.25) is 0 Å². The van der Waals surface area contributed by atoms with Crippen LogP contribution in [0.5, 0.6) is 0 Å². The molecule has 0 spiro atoms. The lowest BCUT2D eigenvalue weighted by Crippen LogP contribution is -3.10. The van der Waals surface area contributed by atoms with Gasteiger partial charge >= 0.3 is 0 Å². The third-order valence-electron chi connectivity index (χ3n) is 2.22. The predicted octanol–water partition coefficient (Wildman–Crippen LogP) is -2.22. The zero-order valence-corrected chi connectivity index (χ0v) is 8.97. The van der Waals surface area contributed by atoms with E-state index in [4.69, 9.17) is 0 Å². The number of rotatable bonds is 2. The first-order valence-electron chi connectivity index (χ1n) is 4.29. The monoisotopic (exact) mass is 207 g/mol. The zero-order chi connectivity index (χ0) is 10.1. The minimum Gasteiger partial charge on any atom is -0.466 e.